The molecule has 1 aliphatic rings. The number of nitriles is 1. The number of carbonyl (C=O) groups is 1. The summed E-state index contributed by atoms with van der Waals surface area (Å²) in [6, 6.07) is 1.87. The van der Waals surface area contributed by atoms with E-state index >= 15 is 0 Å². The molecule has 1 fully saturated rings. The average Bonchev–Trinajstić information content (AvgIpc) is 2.16. The lowest BCUT2D eigenvalue weighted by Crippen LogP contribution is -2.21. The van der Waals surface area contributed by atoms with Gasteiger partial charge in [0, 0.05) is 6.08 Å². The zero-order valence-corrected chi connectivity index (χ0v) is 8.19. The molecule has 70 valence electrons. The predicted octanol–water partition coefficient (Wildman–Crippen LogP) is 1.08. The van der Waals surface area contributed by atoms with Crippen LogP contribution in [0.25, 0.3) is 0 Å². The van der Waals surface area contributed by atoms with E-state index in [0.29, 0.717) is 0 Å². The van der Waals surface area contributed by atoms with Crippen molar-refractivity contribution in [3.05, 3.63) is 11.6 Å². The van der Waals surface area contributed by atoms with Crippen molar-refractivity contribution in [2.75, 3.05) is 18.1 Å². The van der Waals surface area contributed by atoms with E-state index in [1.54, 1.807) is 6.08 Å². The molecule has 1 N–H and O–H groups in total. The number of hydrogen-bond donors (Lipinski definition) is 1. The smallest absolute Gasteiger partial charge is 0.244 e. The number of nitrogens with zero attached hydrogens (tertiary/aromatic N) is 1. The molecule has 0 aromatic carbocycles. The lowest BCUT2D eigenvalue weighted by molar-refractivity contribution is -0.116. The van der Waals surface area contributed by atoms with E-state index in [0.717, 1.165) is 24.3 Å². The van der Waals surface area contributed by atoms with E-state index in [9.17, 15) is 4.79 Å². The minimum absolute atomic E-state index is 0.0946. The minimum Gasteiger partial charge on any atom is -0.339 e. The number of nitrogens with one attached hydrogen (secondary N) is 1. The fraction of sp³-hybridized carbons (Fsp3) is 0.556. The minimum atomic E-state index is -0.136. The number of allylic oxidation sites excluding steroid dienone is 1. The van der Waals surface area contributed by atoms with Gasteiger partial charge in [0.05, 0.1) is 6.07 Å². The summed E-state index contributed by atoms with van der Waals surface area (Å²) >= 11 is 1.92. The van der Waals surface area contributed by atoms with Crippen molar-refractivity contribution >= 4 is 17.7 Å². The maximum Gasteiger partial charge on any atom is 0.244 e. The Kier molecular flexibility index (Phi) is 4.41. The van der Waals surface area contributed by atoms with Crippen LogP contribution < -0.4 is 5.32 Å². The van der Waals surface area contributed by atoms with Gasteiger partial charge in [-0.05, 0) is 24.3 Å². The molecule has 3 nitrogen and oxygen atoms in total. The third kappa shape index (κ3) is 4.00. The molecular formula is C9H12N2OS. The third-order valence-corrected chi connectivity index (χ3v) is 2.80. The van der Waals surface area contributed by atoms with Crippen molar-refractivity contribution < 1.29 is 4.79 Å². The van der Waals surface area contributed by atoms with Crippen LogP contribution in [0.2, 0.25) is 0 Å². The van der Waals surface area contributed by atoms with Gasteiger partial charge < -0.3 is 5.32 Å². The highest BCUT2D eigenvalue weighted by atomic mass is 32.2. The van der Waals surface area contributed by atoms with Gasteiger partial charge in [-0.2, -0.15) is 17.0 Å². The molecule has 1 amide bonds. The monoisotopic (exact) mass is 196 g/mol. The van der Waals surface area contributed by atoms with Gasteiger partial charge in [-0.1, -0.05) is 5.57 Å². The van der Waals surface area contributed by atoms with Crippen LogP contribution in [0.15, 0.2) is 11.6 Å². The fourth-order valence-electron chi connectivity index (χ4n) is 1.14. The summed E-state index contributed by atoms with van der Waals surface area (Å²) in [5, 5.41) is 10.7. The van der Waals surface area contributed by atoms with E-state index in [4.69, 9.17) is 5.26 Å². The highest BCUT2D eigenvalue weighted by molar-refractivity contribution is 7.99. The van der Waals surface area contributed by atoms with Crippen LogP contribution in [-0.2, 0) is 4.79 Å². The Bertz CT molecular complexity index is 247. The lowest BCUT2D eigenvalue weighted by atomic mass is 10.1. The zero-order valence-electron chi connectivity index (χ0n) is 7.38. The number of hydrogen-bond acceptors (Lipinski definition) is 3. The summed E-state index contributed by atoms with van der Waals surface area (Å²) in [4.78, 5) is 11.1. The Balaban J connectivity index is 2.35. The first kappa shape index (κ1) is 10.1. The Morgan fingerprint density at radius 2 is 2.31 bits per heavy atom. The number of carbonyl (C=O) groups excluding carboxylic acids is 1. The van der Waals surface area contributed by atoms with Gasteiger partial charge in [-0.15, -0.1) is 0 Å². The van der Waals surface area contributed by atoms with E-state index < -0.39 is 0 Å². The molecule has 1 aliphatic heterocycles. The van der Waals surface area contributed by atoms with Crippen molar-refractivity contribution in [3.8, 4) is 6.07 Å². The summed E-state index contributed by atoms with van der Waals surface area (Å²) in [5.41, 5.74) is 1.20. The van der Waals surface area contributed by atoms with E-state index in [-0.39, 0.29) is 12.5 Å². The molecule has 13 heavy (non-hydrogen) atoms. The number of thioether (sulfide) groups is 1. The van der Waals surface area contributed by atoms with Gasteiger partial charge >= 0.3 is 0 Å². The fourth-order valence-corrected chi connectivity index (χ4v) is 2.16. The molecule has 0 aliphatic carbocycles. The highest BCUT2D eigenvalue weighted by Gasteiger charge is 2.06. The quantitative estimate of drug-likeness (QED) is 0.531. The van der Waals surface area contributed by atoms with E-state index in [1.165, 1.54) is 5.57 Å². The standard InChI is InChI=1S/C9H12N2OS/c10-3-4-11-9(12)7-8-1-5-13-6-2-8/h7H,1-2,4-6H2,(H,11,12). The van der Waals surface area contributed by atoms with Crippen molar-refractivity contribution in [2.45, 2.75) is 12.8 Å². The van der Waals surface area contributed by atoms with Crippen LogP contribution in [0.1, 0.15) is 12.8 Å². The maximum absolute atomic E-state index is 11.1. The summed E-state index contributed by atoms with van der Waals surface area (Å²) in [5.74, 6) is 2.08. The lowest BCUT2D eigenvalue weighted by Gasteiger charge is -2.12. The molecule has 1 rings (SSSR count). The molecule has 1 saturated heterocycles. The van der Waals surface area contributed by atoms with Crippen LogP contribution in [0.5, 0.6) is 0 Å². The first-order valence-electron chi connectivity index (χ1n) is 4.25. The van der Waals surface area contributed by atoms with Crippen molar-refractivity contribution in [1.82, 2.24) is 5.32 Å². The average molecular weight is 196 g/mol. The first-order chi connectivity index (χ1) is 6.33. The second-order valence-electron chi connectivity index (χ2n) is 2.79. The summed E-state index contributed by atoms with van der Waals surface area (Å²) < 4.78 is 0. The Morgan fingerprint density at radius 1 is 1.62 bits per heavy atom. The van der Waals surface area contributed by atoms with Gasteiger partial charge in [0.2, 0.25) is 5.91 Å². The second-order valence-corrected chi connectivity index (χ2v) is 4.02. The SMILES string of the molecule is N#CCNC(=O)C=C1CCSCC1. The van der Waals surface area contributed by atoms with Gasteiger partial charge in [-0.3, -0.25) is 4.79 Å². The largest absolute Gasteiger partial charge is 0.339 e. The Morgan fingerprint density at radius 3 is 2.92 bits per heavy atom. The molecule has 0 atom stereocenters. The molecule has 4 heteroatoms. The van der Waals surface area contributed by atoms with Crippen LogP contribution in [0.3, 0.4) is 0 Å². The van der Waals surface area contributed by atoms with Gasteiger partial charge in [0.15, 0.2) is 0 Å². The summed E-state index contributed by atoms with van der Waals surface area (Å²) in [6.45, 7) is 0.0946. The molecule has 0 spiro atoms. The predicted molar refractivity (Wildman–Crippen MR) is 53.3 cm³/mol. The molecular weight excluding hydrogens is 184 g/mol. The Labute approximate surface area is 82.2 Å². The van der Waals surface area contributed by atoms with Crippen LogP contribution >= 0.6 is 11.8 Å². The molecule has 1 heterocycles. The number of amides is 1. The Hall–Kier alpha value is -0.950. The maximum atomic E-state index is 11.1. The van der Waals surface area contributed by atoms with Crippen molar-refractivity contribution in [1.29, 1.82) is 5.26 Å². The molecule has 0 aromatic rings. The number of rotatable bonds is 2. The molecule has 0 saturated carbocycles. The normalized spacial score (nSPS) is 16.1. The van der Waals surface area contributed by atoms with Crippen LogP contribution in [0.4, 0.5) is 0 Å². The van der Waals surface area contributed by atoms with Crippen LogP contribution in [0, 0.1) is 11.3 Å². The molecule has 0 unspecified atom stereocenters. The van der Waals surface area contributed by atoms with Gasteiger partial charge in [0.25, 0.3) is 0 Å². The van der Waals surface area contributed by atoms with Gasteiger partial charge in [0.1, 0.15) is 6.54 Å². The highest BCUT2D eigenvalue weighted by Crippen LogP contribution is 2.21. The van der Waals surface area contributed by atoms with Crippen molar-refractivity contribution in [2.24, 2.45) is 0 Å². The molecule has 0 aromatic heterocycles. The summed E-state index contributed by atoms with van der Waals surface area (Å²) in [6.07, 6.45) is 3.65. The van der Waals surface area contributed by atoms with Crippen molar-refractivity contribution in [3.63, 3.8) is 0 Å². The summed E-state index contributed by atoms with van der Waals surface area (Å²) in [7, 11) is 0. The zero-order chi connectivity index (χ0) is 9.52. The van der Waals surface area contributed by atoms with Gasteiger partial charge in [-0.25, -0.2) is 0 Å². The second kappa shape index (κ2) is 5.65. The molecule has 0 radical (unpaired) electrons. The topological polar surface area (TPSA) is 52.9 Å². The van der Waals surface area contributed by atoms with Crippen LogP contribution in [-0.4, -0.2) is 24.0 Å². The van der Waals surface area contributed by atoms with E-state index in [1.807, 2.05) is 17.8 Å². The van der Waals surface area contributed by atoms with E-state index in [2.05, 4.69) is 5.32 Å². The third-order valence-electron chi connectivity index (χ3n) is 1.81. The molecule has 0 bridgehead atoms. The first-order valence-corrected chi connectivity index (χ1v) is 5.40.